The van der Waals surface area contributed by atoms with E-state index in [2.05, 4.69) is 369 Å². The third-order valence-corrected chi connectivity index (χ3v) is 21.6. The number of fused-ring (bicyclic) bond motifs is 17. The van der Waals surface area contributed by atoms with E-state index >= 15 is 0 Å². The Morgan fingerprint density at radius 2 is 0.571 bits per heavy atom. The molecule has 0 fully saturated rings. The third-order valence-electron chi connectivity index (χ3n) is 21.6. The molecule has 0 saturated heterocycles. The predicted octanol–water partition coefficient (Wildman–Crippen LogP) is 27.2. The van der Waals surface area contributed by atoms with Crippen molar-refractivity contribution in [1.82, 2.24) is 18.3 Å². The second-order valence-electron chi connectivity index (χ2n) is 27.4. The van der Waals surface area contributed by atoms with Crippen molar-refractivity contribution in [2.45, 2.75) is 0 Å². The van der Waals surface area contributed by atoms with E-state index in [0.717, 1.165) is 88.7 Å². The fourth-order valence-corrected chi connectivity index (χ4v) is 16.7. The zero-order valence-electron chi connectivity index (χ0n) is 56.9. The Morgan fingerprint density at radius 1 is 0.210 bits per heavy atom. The summed E-state index contributed by atoms with van der Waals surface area (Å²) in [6, 6.07) is 133. The van der Waals surface area contributed by atoms with E-state index in [0.29, 0.717) is 5.69 Å². The number of hydrogen-bond donors (Lipinski definition) is 0. The minimum Gasteiger partial charge on any atom is -0.455 e. The summed E-state index contributed by atoms with van der Waals surface area (Å²) in [6.07, 6.45) is 0. The van der Waals surface area contributed by atoms with E-state index in [4.69, 9.17) is 11.0 Å². The van der Waals surface area contributed by atoms with Crippen molar-refractivity contribution in [2.75, 3.05) is 0 Å². The summed E-state index contributed by atoms with van der Waals surface area (Å²) in [5, 5.41) is 16.9. The van der Waals surface area contributed by atoms with Gasteiger partial charge >= 0.3 is 0 Å². The van der Waals surface area contributed by atoms with Crippen LogP contribution in [0.5, 0.6) is 0 Å². The van der Waals surface area contributed by atoms with Crippen molar-refractivity contribution in [1.29, 1.82) is 0 Å². The molecule has 0 bridgehead atoms. The first kappa shape index (κ1) is 59.6. The summed E-state index contributed by atoms with van der Waals surface area (Å²) in [6.45, 7) is 7.66. The molecule has 105 heavy (non-hydrogen) atoms. The van der Waals surface area contributed by atoms with Crippen LogP contribution in [0.3, 0.4) is 0 Å². The van der Waals surface area contributed by atoms with Gasteiger partial charge in [-0.15, -0.1) is 0 Å². The van der Waals surface area contributed by atoms with Crippen LogP contribution in [-0.4, -0.2) is 18.3 Å². The first-order valence-electron chi connectivity index (χ1n) is 35.7. The second-order valence-corrected chi connectivity index (χ2v) is 27.4. The van der Waals surface area contributed by atoms with Gasteiger partial charge in [-0.3, -0.25) is 0 Å². The van der Waals surface area contributed by atoms with Gasteiger partial charge in [0.05, 0.1) is 50.7 Å². The van der Waals surface area contributed by atoms with E-state index in [1.165, 1.54) is 109 Å². The number of benzene rings is 17. The molecule has 0 radical (unpaired) electrons. The molecule has 0 aliphatic rings. The van der Waals surface area contributed by atoms with Crippen molar-refractivity contribution >= 4 is 136 Å². The lowest BCUT2D eigenvalue weighted by molar-refractivity contribution is 0.670. The van der Waals surface area contributed by atoms with Crippen molar-refractivity contribution in [3.8, 4) is 67.3 Å². The van der Waals surface area contributed by atoms with Gasteiger partial charge < -0.3 is 22.7 Å². The fraction of sp³-hybridized carbons (Fsp3) is 0. The van der Waals surface area contributed by atoms with Gasteiger partial charge in [-0.25, -0.2) is 4.85 Å². The van der Waals surface area contributed by atoms with Gasteiger partial charge in [0.25, 0.3) is 0 Å². The zero-order chi connectivity index (χ0) is 69.2. The summed E-state index contributed by atoms with van der Waals surface area (Å²) < 4.78 is 15.9. The first-order valence-corrected chi connectivity index (χ1v) is 35.7. The zero-order valence-corrected chi connectivity index (χ0v) is 56.9. The minimum atomic E-state index is 0.649. The Balaban J connectivity index is 0.000000143. The minimum absolute atomic E-state index is 0.649. The standard InChI is InChI=1S/C58H36N2O.C41H25N3/c1-2-11-40-34-41(21-20-37(40)10-1)38-22-28-44(29-23-38)59-54-18-7-4-13-48(54)52-35-42(27-33-55(52)59)39-24-30-45(31-25-39)60-53-17-6-3-12-47(53)49-32-26-43(36-56(49)60)46-15-9-16-51-50-14-5-8-19-57(50)61-58(46)51;1-42-31-18-23-41-37(26-31)36-25-30(17-22-40(36)44(41)33-21-16-27-8-2-3-9-29(27)24-33)28-14-19-32(20-15-28)43-38-12-6-4-10-34(38)35-11-5-7-13-39(35)43/h1-36H;2-26H. The molecule has 22 rings (SSSR count). The highest BCUT2D eigenvalue weighted by molar-refractivity contribution is 6.16. The number of furan rings is 1. The van der Waals surface area contributed by atoms with Crippen molar-refractivity contribution in [3.63, 3.8) is 0 Å². The Bertz CT molecular complexity index is 7280. The highest BCUT2D eigenvalue weighted by Crippen LogP contribution is 2.43. The summed E-state index contributed by atoms with van der Waals surface area (Å²) >= 11 is 0. The molecule has 488 valence electrons. The maximum atomic E-state index is 7.66. The SMILES string of the molecule is [C-]#[N+]c1ccc2c(c1)c1cc(-c3ccc(-n4c5ccccc5c5ccccc54)cc3)ccc1n2-c1ccc2ccccc2c1.c1ccc2cc(-c3ccc(-n4c5ccccc5c5cc(-c6ccc(-n7c8ccccc8c8ccc(-c9cccc%10c9oc9ccccc9%10)cc87)cc6)ccc54)cc3)ccc2c1. The van der Waals surface area contributed by atoms with Gasteiger partial charge in [-0.2, -0.15) is 0 Å². The summed E-state index contributed by atoms with van der Waals surface area (Å²) in [5.41, 5.74) is 25.7. The molecule has 0 saturated carbocycles. The van der Waals surface area contributed by atoms with E-state index in [9.17, 15) is 0 Å². The molecule has 22 aromatic rings. The monoisotopic (exact) mass is 1340 g/mol. The van der Waals surface area contributed by atoms with Crippen LogP contribution >= 0.6 is 0 Å². The molecule has 6 heteroatoms. The fourth-order valence-electron chi connectivity index (χ4n) is 16.7. The number of para-hydroxylation sites is 6. The molecule has 5 aromatic heterocycles. The summed E-state index contributed by atoms with van der Waals surface area (Å²) in [5.74, 6) is 0. The number of nitrogens with zero attached hydrogens (tertiary/aromatic N) is 5. The van der Waals surface area contributed by atoms with Gasteiger partial charge in [0, 0.05) is 76.8 Å². The molecule has 6 nitrogen and oxygen atoms in total. The van der Waals surface area contributed by atoms with Crippen molar-refractivity contribution < 1.29 is 4.42 Å². The lowest BCUT2D eigenvalue weighted by Crippen LogP contribution is -1.94. The molecule has 0 spiro atoms. The number of rotatable bonds is 8. The summed E-state index contributed by atoms with van der Waals surface area (Å²) in [4.78, 5) is 3.75. The lowest BCUT2D eigenvalue weighted by atomic mass is 10.0. The molecule has 0 atom stereocenters. The summed E-state index contributed by atoms with van der Waals surface area (Å²) in [7, 11) is 0. The van der Waals surface area contributed by atoms with Crippen LogP contribution in [0, 0.1) is 6.57 Å². The Hall–Kier alpha value is -14.3. The van der Waals surface area contributed by atoms with Crippen molar-refractivity contribution in [2.24, 2.45) is 0 Å². The molecule has 0 aliphatic carbocycles. The van der Waals surface area contributed by atoms with E-state index in [1.54, 1.807) is 0 Å². The molecular formula is C99H61N5O. The Morgan fingerprint density at radius 3 is 1.12 bits per heavy atom. The van der Waals surface area contributed by atoms with E-state index in [-0.39, 0.29) is 0 Å². The van der Waals surface area contributed by atoms with Crippen LogP contribution in [0.1, 0.15) is 0 Å². The van der Waals surface area contributed by atoms with Gasteiger partial charge in [-0.05, 0) is 193 Å². The van der Waals surface area contributed by atoms with Crippen LogP contribution in [-0.2, 0) is 0 Å². The van der Waals surface area contributed by atoms with E-state index in [1.807, 2.05) is 24.3 Å². The quantitative estimate of drug-likeness (QED) is 0.140. The maximum absolute atomic E-state index is 7.66. The van der Waals surface area contributed by atoms with Gasteiger partial charge in [0.1, 0.15) is 11.2 Å². The van der Waals surface area contributed by atoms with Gasteiger partial charge in [0.15, 0.2) is 5.69 Å². The molecule has 0 amide bonds. The van der Waals surface area contributed by atoms with Crippen LogP contribution in [0.2, 0.25) is 0 Å². The first-order chi connectivity index (χ1) is 52.0. The average molecular weight is 1340 g/mol. The molecule has 5 heterocycles. The van der Waals surface area contributed by atoms with Crippen LogP contribution < -0.4 is 0 Å². The molecular weight excluding hydrogens is 1280 g/mol. The number of aromatic nitrogens is 4. The van der Waals surface area contributed by atoms with Crippen LogP contribution in [0.25, 0.3) is 203 Å². The van der Waals surface area contributed by atoms with Crippen LogP contribution in [0.4, 0.5) is 5.69 Å². The van der Waals surface area contributed by atoms with Gasteiger partial charge in [0.2, 0.25) is 0 Å². The normalized spacial score (nSPS) is 11.8. The van der Waals surface area contributed by atoms with Gasteiger partial charge in [-0.1, -0.05) is 243 Å². The largest absolute Gasteiger partial charge is 0.455 e. The second kappa shape index (κ2) is 24.0. The molecule has 0 unspecified atom stereocenters. The molecule has 17 aromatic carbocycles. The molecule has 0 aliphatic heterocycles. The highest BCUT2D eigenvalue weighted by atomic mass is 16.3. The van der Waals surface area contributed by atoms with Crippen LogP contribution in [0.15, 0.2) is 374 Å². The lowest BCUT2D eigenvalue weighted by Gasteiger charge is -2.11. The highest BCUT2D eigenvalue weighted by Gasteiger charge is 2.21. The molecule has 0 N–H and O–H groups in total. The van der Waals surface area contributed by atoms with E-state index < -0.39 is 0 Å². The third kappa shape index (κ3) is 9.71. The predicted molar refractivity (Wildman–Crippen MR) is 441 cm³/mol. The topological polar surface area (TPSA) is 37.2 Å². The van der Waals surface area contributed by atoms with Crippen molar-refractivity contribution in [3.05, 3.63) is 381 Å². The Kier molecular flexibility index (Phi) is 13.6. The smallest absolute Gasteiger partial charge is 0.188 e. The Labute approximate surface area is 604 Å². The average Bonchev–Trinajstić information content (AvgIpc) is 1.58. The maximum Gasteiger partial charge on any atom is 0.188 e. The number of hydrogen-bond acceptors (Lipinski definition) is 1.